The SMILES string of the molecule is Cc1ccc(-n2nc(C(=O)NCC(C)CC(C)O)c3c2CCC3)cc1. The van der Waals surface area contributed by atoms with Gasteiger partial charge >= 0.3 is 0 Å². The maximum Gasteiger partial charge on any atom is 0.272 e. The zero-order chi connectivity index (χ0) is 18.0. The monoisotopic (exact) mass is 341 g/mol. The van der Waals surface area contributed by atoms with E-state index in [-0.39, 0.29) is 17.9 Å². The molecule has 5 nitrogen and oxygen atoms in total. The van der Waals surface area contributed by atoms with Crippen molar-refractivity contribution in [2.45, 2.75) is 52.6 Å². The lowest BCUT2D eigenvalue weighted by atomic mass is 10.0. The molecule has 1 heterocycles. The molecule has 3 rings (SSSR count). The molecule has 2 N–H and O–H groups in total. The Kier molecular flexibility index (Phi) is 5.23. The van der Waals surface area contributed by atoms with E-state index >= 15 is 0 Å². The number of aryl methyl sites for hydroxylation is 1. The first-order valence-electron chi connectivity index (χ1n) is 9.09. The molecule has 1 aliphatic carbocycles. The number of nitrogens with zero attached hydrogens (tertiary/aromatic N) is 2. The van der Waals surface area contributed by atoms with Crippen molar-refractivity contribution in [3.05, 3.63) is 46.8 Å². The number of nitrogens with one attached hydrogen (secondary N) is 1. The van der Waals surface area contributed by atoms with Gasteiger partial charge in [-0.25, -0.2) is 4.68 Å². The molecular formula is C20H27N3O2. The lowest BCUT2D eigenvalue weighted by Crippen LogP contribution is -2.30. The van der Waals surface area contributed by atoms with Gasteiger partial charge in [0.2, 0.25) is 0 Å². The zero-order valence-electron chi connectivity index (χ0n) is 15.2. The van der Waals surface area contributed by atoms with E-state index in [1.807, 2.05) is 23.7 Å². The van der Waals surface area contributed by atoms with Gasteiger partial charge in [0.15, 0.2) is 5.69 Å². The molecule has 2 atom stereocenters. The van der Waals surface area contributed by atoms with Gasteiger partial charge in [0.05, 0.1) is 11.8 Å². The standard InChI is InChI=1S/C20H27N3O2/c1-13-7-9-16(10-8-13)23-18-6-4-5-17(18)19(22-23)20(25)21-12-14(2)11-15(3)24/h7-10,14-15,24H,4-6,11-12H2,1-3H3,(H,21,25). The molecule has 0 aliphatic heterocycles. The number of carbonyl (C=O) groups is 1. The largest absolute Gasteiger partial charge is 0.393 e. The Morgan fingerprint density at radius 1 is 1.28 bits per heavy atom. The molecule has 0 saturated heterocycles. The lowest BCUT2D eigenvalue weighted by molar-refractivity contribution is 0.0933. The van der Waals surface area contributed by atoms with Gasteiger partial charge < -0.3 is 10.4 Å². The fourth-order valence-corrected chi connectivity index (χ4v) is 3.54. The summed E-state index contributed by atoms with van der Waals surface area (Å²) in [6, 6.07) is 8.23. The minimum atomic E-state index is -0.350. The summed E-state index contributed by atoms with van der Waals surface area (Å²) < 4.78 is 1.93. The minimum absolute atomic E-state index is 0.110. The number of benzene rings is 1. The quantitative estimate of drug-likeness (QED) is 0.849. The van der Waals surface area contributed by atoms with E-state index in [0.717, 1.165) is 36.2 Å². The highest BCUT2D eigenvalue weighted by Crippen LogP contribution is 2.28. The number of rotatable bonds is 6. The van der Waals surface area contributed by atoms with Crippen LogP contribution in [0.3, 0.4) is 0 Å². The summed E-state index contributed by atoms with van der Waals surface area (Å²) in [7, 11) is 0. The van der Waals surface area contributed by atoms with Crippen LogP contribution in [0.2, 0.25) is 0 Å². The van der Waals surface area contributed by atoms with E-state index < -0.39 is 0 Å². The fourth-order valence-electron chi connectivity index (χ4n) is 3.54. The van der Waals surface area contributed by atoms with Crippen molar-refractivity contribution in [1.82, 2.24) is 15.1 Å². The highest BCUT2D eigenvalue weighted by Gasteiger charge is 2.27. The molecule has 25 heavy (non-hydrogen) atoms. The molecular weight excluding hydrogens is 314 g/mol. The van der Waals surface area contributed by atoms with E-state index in [9.17, 15) is 9.90 Å². The van der Waals surface area contributed by atoms with Gasteiger partial charge in [-0.3, -0.25) is 4.79 Å². The summed E-state index contributed by atoms with van der Waals surface area (Å²) in [4.78, 5) is 12.6. The fraction of sp³-hybridized carbons (Fsp3) is 0.500. The number of aliphatic hydroxyl groups is 1. The summed E-state index contributed by atoms with van der Waals surface area (Å²) in [5.41, 5.74) is 5.01. The van der Waals surface area contributed by atoms with E-state index in [4.69, 9.17) is 0 Å². The number of hydrogen-bond acceptors (Lipinski definition) is 3. The van der Waals surface area contributed by atoms with Crippen LogP contribution in [0, 0.1) is 12.8 Å². The van der Waals surface area contributed by atoms with Gasteiger partial charge in [0.1, 0.15) is 0 Å². The second-order valence-corrected chi connectivity index (χ2v) is 7.27. The van der Waals surface area contributed by atoms with Crippen LogP contribution in [0.25, 0.3) is 5.69 Å². The molecule has 0 saturated carbocycles. The maximum absolute atomic E-state index is 12.6. The first-order valence-corrected chi connectivity index (χ1v) is 9.09. The first-order chi connectivity index (χ1) is 12.0. The molecule has 1 aromatic heterocycles. The van der Waals surface area contributed by atoms with Crippen LogP contribution in [-0.2, 0) is 12.8 Å². The van der Waals surface area contributed by atoms with Gasteiger partial charge in [-0.15, -0.1) is 0 Å². The molecule has 1 aliphatic rings. The topological polar surface area (TPSA) is 67.2 Å². The van der Waals surface area contributed by atoms with Gasteiger partial charge in [0.25, 0.3) is 5.91 Å². The molecule has 0 spiro atoms. The zero-order valence-corrected chi connectivity index (χ0v) is 15.2. The third-order valence-electron chi connectivity index (χ3n) is 4.78. The number of aliphatic hydroxyl groups excluding tert-OH is 1. The van der Waals surface area contributed by atoms with Crippen molar-refractivity contribution in [2.24, 2.45) is 5.92 Å². The van der Waals surface area contributed by atoms with Crippen molar-refractivity contribution in [3.8, 4) is 5.69 Å². The van der Waals surface area contributed by atoms with Crippen LogP contribution in [0.1, 0.15) is 54.0 Å². The van der Waals surface area contributed by atoms with E-state index in [2.05, 4.69) is 29.5 Å². The van der Waals surface area contributed by atoms with Crippen LogP contribution < -0.4 is 5.32 Å². The van der Waals surface area contributed by atoms with Crippen molar-refractivity contribution in [3.63, 3.8) is 0 Å². The molecule has 134 valence electrons. The normalized spacial score (nSPS) is 15.7. The van der Waals surface area contributed by atoms with Gasteiger partial charge in [-0.05, 0) is 57.6 Å². The Bertz CT molecular complexity index is 747. The number of hydrogen-bond donors (Lipinski definition) is 2. The average molecular weight is 341 g/mol. The van der Waals surface area contributed by atoms with Crippen LogP contribution >= 0.6 is 0 Å². The van der Waals surface area contributed by atoms with Crippen molar-refractivity contribution >= 4 is 5.91 Å². The Morgan fingerprint density at radius 2 is 2.00 bits per heavy atom. The van der Waals surface area contributed by atoms with Crippen LogP contribution in [0.15, 0.2) is 24.3 Å². The smallest absolute Gasteiger partial charge is 0.272 e. The molecule has 5 heteroatoms. The summed E-state index contributed by atoms with van der Waals surface area (Å²) in [5.74, 6) is 0.123. The highest BCUT2D eigenvalue weighted by atomic mass is 16.3. The molecule has 0 bridgehead atoms. The van der Waals surface area contributed by atoms with Gasteiger partial charge in [-0.2, -0.15) is 5.10 Å². The maximum atomic E-state index is 12.6. The summed E-state index contributed by atoms with van der Waals surface area (Å²) >= 11 is 0. The third-order valence-corrected chi connectivity index (χ3v) is 4.78. The molecule has 2 aromatic rings. The molecule has 0 fully saturated rings. The van der Waals surface area contributed by atoms with Crippen molar-refractivity contribution in [1.29, 1.82) is 0 Å². The second kappa shape index (κ2) is 7.40. The molecule has 1 amide bonds. The number of amides is 1. The Morgan fingerprint density at radius 3 is 2.68 bits per heavy atom. The second-order valence-electron chi connectivity index (χ2n) is 7.27. The highest BCUT2D eigenvalue weighted by molar-refractivity contribution is 5.94. The average Bonchev–Trinajstić information content (AvgIpc) is 3.15. The Balaban J connectivity index is 1.79. The summed E-state index contributed by atoms with van der Waals surface area (Å²) in [5, 5.41) is 17.1. The van der Waals surface area contributed by atoms with E-state index in [0.29, 0.717) is 18.7 Å². The molecule has 2 unspecified atom stereocenters. The van der Waals surface area contributed by atoms with Crippen LogP contribution in [0.5, 0.6) is 0 Å². The van der Waals surface area contributed by atoms with Gasteiger partial charge in [0, 0.05) is 17.8 Å². The summed E-state index contributed by atoms with van der Waals surface area (Å²) in [6.07, 6.45) is 3.26. The number of fused-ring (bicyclic) bond motifs is 1. The third kappa shape index (κ3) is 3.93. The van der Waals surface area contributed by atoms with Crippen LogP contribution in [0.4, 0.5) is 0 Å². The van der Waals surface area contributed by atoms with Crippen LogP contribution in [-0.4, -0.2) is 33.4 Å². The minimum Gasteiger partial charge on any atom is -0.393 e. The Hall–Kier alpha value is -2.14. The lowest BCUT2D eigenvalue weighted by Gasteiger charge is -2.13. The number of aromatic nitrogens is 2. The van der Waals surface area contributed by atoms with Crippen molar-refractivity contribution in [2.75, 3.05) is 6.54 Å². The van der Waals surface area contributed by atoms with E-state index in [1.165, 1.54) is 5.56 Å². The first kappa shape index (κ1) is 17.7. The number of carbonyl (C=O) groups excluding carboxylic acids is 1. The van der Waals surface area contributed by atoms with E-state index in [1.54, 1.807) is 6.92 Å². The Labute approximate surface area is 149 Å². The summed E-state index contributed by atoms with van der Waals surface area (Å²) in [6.45, 7) is 6.41. The van der Waals surface area contributed by atoms with Crippen molar-refractivity contribution < 1.29 is 9.90 Å². The predicted molar refractivity (Wildman–Crippen MR) is 98.1 cm³/mol. The molecule has 1 aromatic carbocycles. The molecule has 0 radical (unpaired) electrons. The van der Waals surface area contributed by atoms with Gasteiger partial charge in [-0.1, -0.05) is 24.6 Å². The predicted octanol–water partition coefficient (Wildman–Crippen LogP) is 2.81.